The standard InChI is InChI=1S/C22H32O3/c1-20-10-6-16(24)14-15(20)4-5-17-18(20)7-11-21(2)19(17)8-12-22(21,25)9-3-13-23/h4-5,14,17-19,23,25H,3,6-13H2,1-2H3/t17?,18?,19?,20-,21-,22-/m0/s1. The second-order valence-electron chi connectivity index (χ2n) is 9.49. The zero-order valence-electron chi connectivity index (χ0n) is 15.6. The van der Waals surface area contributed by atoms with E-state index in [4.69, 9.17) is 0 Å². The lowest BCUT2D eigenvalue weighted by Crippen LogP contribution is -2.53. The van der Waals surface area contributed by atoms with Gasteiger partial charge in [-0.3, -0.25) is 4.79 Å². The number of ketones is 1. The van der Waals surface area contributed by atoms with Crippen molar-refractivity contribution in [2.45, 2.75) is 70.8 Å². The Labute approximate surface area is 151 Å². The van der Waals surface area contributed by atoms with Crippen LogP contribution in [-0.2, 0) is 4.79 Å². The second-order valence-corrected chi connectivity index (χ2v) is 9.49. The van der Waals surface area contributed by atoms with Crippen molar-refractivity contribution in [1.29, 1.82) is 0 Å². The van der Waals surface area contributed by atoms with Crippen LogP contribution in [0.2, 0.25) is 0 Å². The smallest absolute Gasteiger partial charge is 0.156 e. The molecule has 0 amide bonds. The van der Waals surface area contributed by atoms with E-state index in [1.807, 2.05) is 6.08 Å². The molecule has 2 fully saturated rings. The minimum absolute atomic E-state index is 0.0459. The number of hydrogen-bond acceptors (Lipinski definition) is 3. The number of fused-ring (bicyclic) bond motifs is 5. The molecule has 4 rings (SSSR count). The molecule has 0 aliphatic heterocycles. The van der Waals surface area contributed by atoms with Gasteiger partial charge in [-0.25, -0.2) is 0 Å². The summed E-state index contributed by atoms with van der Waals surface area (Å²) in [5.41, 5.74) is 0.691. The van der Waals surface area contributed by atoms with Crippen LogP contribution < -0.4 is 0 Å². The van der Waals surface area contributed by atoms with Crippen molar-refractivity contribution >= 4 is 5.78 Å². The predicted octanol–water partition coefficient (Wildman–Crippen LogP) is 3.80. The van der Waals surface area contributed by atoms with Crippen molar-refractivity contribution < 1.29 is 15.0 Å². The summed E-state index contributed by atoms with van der Waals surface area (Å²) in [6.07, 6.45) is 13.7. The molecule has 2 N–H and O–H groups in total. The molecule has 0 heterocycles. The first-order valence-corrected chi connectivity index (χ1v) is 10.1. The Bertz CT molecular complexity index is 635. The number of carbonyl (C=O) groups is 1. The van der Waals surface area contributed by atoms with Gasteiger partial charge in [0.15, 0.2) is 5.78 Å². The van der Waals surface area contributed by atoms with Gasteiger partial charge in [0, 0.05) is 13.0 Å². The summed E-state index contributed by atoms with van der Waals surface area (Å²) in [5, 5.41) is 20.6. The summed E-state index contributed by atoms with van der Waals surface area (Å²) in [4.78, 5) is 11.9. The first-order chi connectivity index (χ1) is 11.8. The molecular formula is C22H32O3. The van der Waals surface area contributed by atoms with E-state index in [9.17, 15) is 15.0 Å². The largest absolute Gasteiger partial charge is 0.396 e. The van der Waals surface area contributed by atoms with E-state index in [1.165, 1.54) is 5.57 Å². The summed E-state index contributed by atoms with van der Waals surface area (Å²) in [6.45, 7) is 4.82. The molecule has 0 bridgehead atoms. The molecule has 0 aromatic heterocycles. The Hall–Kier alpha value is -0.930. The molecule has 0 saturated heterocycles. The SMILES string of the molecule is C[C@]12CCC(=O)C=C1C=CC1C2CC[C@@]2(C)C1CC[C@@]2(O)CCCO. The highest BCUT2D eigenvalue weighted by Gasteiger charge is 2.62. The summed E-state index contributed by atoms with van der Waals surface area (Å²) in [5.74, 6) is 1.89. The van der Waals surface area contributed by atoms with E-state index in [-0.39, 0.29) is 23.2 Å². The van der Waals surface area contributed by atoms with Gasteiger partial charge in [0.25, 0.3) is 0 Å². The molecule has 6 atom stereocenters. The van der Waals surface area contributed by atoms with Crippen LogP contribution in [0.1, 0.15) is 65.2 Å². The normalized spacial score (nSPS) is 48.6. The minimum atomic E-state index is -0.626. The number of aliphatic hydroxyl groups excluding tert-OH is 1. The Morgan fingerprint density at radius 3 is 2.68 bits per heavy atom. The van der Waals surface area contributed by atoms with Gasteiger partial charge in [0.05, 0.1) is 5.60 Å². The van der Waals surface area contributed by atoms with Crippen LogP contribution in [0.3, 0.4) is 0 Å². The van der Waals surface area contributed by atoms with E-state index < -0.39 is 5.60 Å². The maximum absolute atomic E-state index is 11.9. The Balaban J connectivity index is 1.67. The van der Waals surface area contributed by atoms with Gasteiger partial charge in [-0.2, -0.15) is 0 Å². The fourth-order valence-corrected chi connectivity index (χ4v) is 6.89. The third-order valence-corrected chi connectivity index (χ3v) is 8.59. The first kappa shape index (κ1) is 17.5. The zero-order chi connectivity index (χ0) is 17.9. The van der Waals surface area contributed by atoms with Crippen LogP contribution in [0.25, 0.3) is 0 Å². The zero-order valence-corrected chi connectivity index (χ0v) is 15.6. The van der Waals surface area contributed by atoms with Crippen LogP contribution in [0.15, 0.2) is 23.8 Å². The highest BCUT2D eigenvalue weighted by atomic mass is 16.3. The fourth-order valence-electron chi connectivity index (χ4n) is 6.89. The maximum atomic E-state index is 11.9. The van der Waals surface area contributed by atoms with Gasteiger partial charge < -0.3 is 10.2 Å². The second kappa shape index (κ2) is 5.79. The van der Waals surface area contributed by atoms with Crippen molar-refractivity contribution in [2.75, 3.05) is 6.61 Å². The van der Waals surface area contributed by atoms with Crippen molar-refractivity contribution in [3.05, 3.63) is 23.8 Å². The number of hydrogen-bond donors (Lipinski definition) is 2. The molecule has 3 unspecified atom stereocenters. The molecule has 4 aliphatic carbocycles. The molecule has 3 heteroatoms. The summed E-state index contributed by atoms with van der Waals surface area (Å²) < 4.78 is 0. The maximum Gasteiger partial charge on any atom is 0.156 e. The number of carbonyl (C=O) groups excluding carboxylic acids is 1. The fraction of sp³-hybridized carbons (Fsp3) is 0.773. The van der Waals surface area contributed by atoms with Crippen LogP contribution >= 0.6 is 0 Å². The molecular weight excluding hydrogens is 312 g/mol. The van der Waals surface area contributed by atoms with E-state index in [0.717, 1.165) is 32.1 Å². The third-order valence-electron chi connectivity index (χ3n) is 8.59. The lowest BCUT2D eigenvalue weighted by Gasteiger charge is -2.57. The molecule has 25 heavy (non-hydrogen) atoms. The highest BCUT2D eigenvalue weighted by molar-refractivity contribution is 5.92. The molecule has 0 aromatic carbocycles. The highest BCUT2D eigenvalue weighted by Crippen LogP contribution is 2.66. The van der Waals surface area contributed by atoms with E-state index in [2.05, 4.69) is 26.0 Å². The first-order valence-electron chi connectivity index (χ1n) is 10.1. The third kappa shape index (κ3) is 2.35. The quantitative estimate of drug-likeness (QED) is 0.819. The molecule has 0 radical (unpaired) electrons. The van der Waals surface area contributed by atoms with Crippen molar-refractivity contribution in [3.8, 4) is 0 Å². The number of rotatable bonds is 3. The van der Waals surface area contributed by atoms with Crippen molar-refractivity contribution in [2.24, 2.45) is 28.6 Å². The lowest BCUT2D eigenvalue weighted by molar-refractivity contribution is -0.122. The van der Waals surface area contributed by atoms with Gasteiger partial charge in [0.1, 0.15) is 0 Å². The molecule has 2 saturated carbocycles. The van der Waals surface area contributed by atoms with Crippen molar-refractivity contribution in [3.63, 3.8) is 0 Å². The molecule has 4 aliphatic rings. The van der Waals surface area contributed by atoms with Gasteiger partial charge in [-0.05, 0) is 85.2 Å². The number of aliphatic hydroxyl groups is 2. The molecule has 138 valence electrons. The van der Waals surface area contributed by atoms with E-state index >= 15 is 0 Å². The molecule has 0 spiro atoms. The van der Waals surface area contributed by atoms with Crippen LogP contribution in [0.5, 0.6) is 0 Å². The van der Waals surface area contributed by atoms with Gasteiger partial charge >= 0.3 is 0 Å². The van der Waals surface area contributed by atoms with Gasteiger partial charge in [0.2, 0.25) is 0 Å². The minimum Gasteiger partial charge on any atom is -0.396 e. The topological polar surface area (TPSA) is 57.5 Å². The van der Waals surface area contributed by atoms with Gasteiger partial charge in [-0.15, -0.1) is 0 Å². The monoisotopic (exact) mass is 344 g/mol. The number of allylic oxidation sites excluding steroid dienone is 4. The summed E-state index contributed by atoms with van der Waals surface area (Å²) in [6, 6.07) is 0. The van der Waals surface area contributed by atoms with Crippen molar-refractivity contribution in [1.82, 2.24) is 0 Å². The lowest BCUT2D eigenvalue weighted by atomic mass is 9.48. The Kier molecular flexibility index (Phi) is 4.05. The van der Waals surface area contributed by atoms with E-state index in [0.29, 0.717) is 37.0 Å². The van der Waals surface area contributed by atoms with E-state index in [1.54, 1.807) is 0 Å². The summed E-state index contributed by atoms with van der Waals surface area (Å²) >= 11 is 0. The van der Waals surface area contributed by atoms with Crippen LogP contribution in [-0.4, -0.2) is 28.2 Å². The Morgan fingerprint density at radius 2 is 1.92 bits per heavy atom. The van der Waals surface area contributed by atoms with Crippen LogP contribution in [0.4, 0.5) is 0 Å². The molecule has 3 nitrogen and oxygen atoms in total. The average Bonchev–Trinajstić information content (AvgIpc) is 2.85. The van der Waals surface area contributed by atoms with Gasteiger partial charge in [-0.1, -0.05) is 26.0 Å². The Morgan fingerprint density at radius 1 is 1.16 bits per heavy atom. The summed E-state index contributed by atoms with van der Waals surface area (Å²) in [7, 11) is 0. The average molecular weight is 344 g/mol. The molecule has 0 aromatic rings. The predicted molar refractivity (Wildman–Crippen MR) is 97.9 cm³/mol. The van der Waals surface area contributed by atoms with Crippen LogP contribution in [0, 0.1) is 28.6 Å².